The molecule has 2 aromatic heterocycles. The molecular formula is C10H9Cl2N3O3S. The minimum atomic E-state index is -3.73. The molecule has 102 valence electrons. The number of aryl methyl sites for hydroxylation is 1. The number of aromatic nitrogens is 2. The van der Waals surface area contributed by atoms with E-state index in [2.05, 4.69) is 14.9 Å². The summed E-state index contributed by atoms with van der Waals surface area (Å²) in [5.74, 6) is 0.411. The summed E-state index contributed by atoms with van der Waals surface area (Å²) in [6, 6.07) is 2.86. The van der Waals surface area contributed by atoms with E-state index in [4.69, 9.17) is 27.7 Å². The highest BCUT2D eigenvalue weighted by Gasteiger charge is 2.17. The van der Waals surface area contributed by atoms with Crippen molar-refractivity contribution in [1.82, 2.24) is 14.9 Å². The van der Waals surface area contributed by atoms with Gasteiger partial charge >= 0.3 is 0 Å². The summed E-state index contributed by atoms with van der Waals surface area (Å²) in [5.41, 5.74) is 0.672. The Bertz CT molecular complexity index is 700. The predicted octanol–water partition coefficient (Wildman–Crippen LogP) is 2.16. The zero-order valence-electron chi connectivity index (χ0n) is 9.72. The molecule has 2 heterocycles. The van der Waals surface area contributed by atoms with Crippen LogP contribution in [-0.2, 0) is 16.6 Å². The highest BCUT2D eigenvalue weighted by molar-refractivity contribution is 7.89. The van der Waals surface area contributed by atoms with Gasteiger partial charge in [0.15, 0.2) is 5.76 Å². The van der Waals surface area contributed by atoms with Crippen molar-refractivity contribution in [1.29, 1.82) is 0 Å². The van der Waals surface area contributed by atoms with Crippen molar-refractivity contribution in [3.05, 3.63) is 40.0 Å². The second-order valence-electron chi connectivity index (χ2n) is 3.70. The van der Waals surface area contributed by atoms with Crippen molar-refractivity contribution >= 4 is 33.2 Å². The molecule has 9 heteroatoms. The fourth-order valence-corrected chi connectivity index (χ4v) is 2.60. The van der Waals surface area contributed by atoms with E-state index < -0.39 is 10.0 Å². The average Bonchev–Trinajstić information content (AvgIpc) is 2.76. The third-order valence-electron chi connectivity index (χ3n) is 2.19. The van der Waals surface area contributed by atoms with Gasteiger partial charge in [0.05, 0.1) is 17.3 Å². The van der Waals surface area contributed by atoms with Crippen LogP contribution in [-0.4, -0.2) is 18.6 Å². The fraction of sp³-hybridized carbons (Fsp3) is 0.200. The van der Waals surface area contributed by atoms with Gasteiger partial charge in [0, 0.05) is 12.3 Å². The maximum absolute atomic E-state index is 12.0. The number of nitrogens with one attached hydrogen (secondary N) is 1. The Morgan fingerprint density at radius 1 is 1.37 bits per heavy atom. The molecule has 0 unspecified atom stereocenters. The van der Waals surface area contributed by atoms with Crippen LogP contribution in [0.5, 0.6) is 0 Å². The summed E-state index contributed by atoms with van der Waals surface area (Å²) < 4.78 is 31.2. The first-order chi connectivity index (χ1) is 8.88. The second-order valence-corrected chi connectivity index (χ2v) is 6.23. The zero-order chi connectivity index (χ0) is 14.0. The Kier molecular flexibility index (Phi) is 4.10. The van der Waals surface area contributed by atoms with Crippen molar-refractivity contribution in [3.8, 4) is 0 Å². The Labute approximate surface area is 119 Å². The van der Waals surface area contributed by atoms with Crippen molar-refractivity contribution < 1.29 is 12.9 Å². The second kappa shape index (κ2) is 5.46. The van der Waals surface area contributed by atoms with Gasteiger partial charge in [-0.2, -0.15) is 0 Å². The molecule has 2 rings (SSSR count). The summed E-state index contributed by atoms with van der Waals surface area (Å²) in [6.45, 7) is 1.73. The van der Waals surface area contributed by atoms with E-state index in [9.17, 15) is 8.42 Å². The van der Waals surface area contributed by atoms with Gasteiger partial charge < -0.3 is 4.52 Å². The van der Waals surface area contributed by atoms with E-state index in [1.54, 1.807) is 13.0 Å². The van der Waals surface area contributed by atoms with Gasteiger partial charge in [-0.1, -0.05) is 28.4 Å². The van der Waals surface area contributed by atoms with Crippen molar-refractivity contribution in [2.75, 3.05) is 0 Å². The van der Waals surface area contributed by atoms with Gasteiger partial charge in [-0.05, 0) is 13.0 Å². The topological polar surface area (TPSA) is 85.1 Å². The van der Waals surface area contributed by atoms with E-state index in [1.165, 1.54) is 6.07 Å². The molecule has 0 saturated heterocycles. The Morgan fingerprint density at radius 3 is 2.68 bits per heavy atom. The van der Waals surface area contributed by atoms with E-state index in [0.29, 0.717) is 11.5 Å². The van der Waals surface area contributed by atoms with Gasteiger partial charge in [-0.15, -0.1) is 0 Å². The molecule has 19 heavy (non-hydrogen) atoms. The van der Waals surface area contributed by atoms with Crippen LogP contribution in [0.2, 0.25) is 10.2 Å². The van der Waals surface area contributed by atoms with Crippen LogP contribution in [0.1, 0.15) is 11.5 Å². The highest BCUT2D eigenvalue weighted by atomic mass is 35.5. The molecule has 0 spiro atoms. The Balaban J connectivity index is 2.16. The van der Waals surface area contributed by atoms with E-state index in [-0.39, 0.29) is 21.6 Å². The third-order valence-corrected chi connectivity index (χ3v) is 4.25. The standard InChI is InChI=1S/C10H9Cl2N3O3S/c1-6-2-7(18-15-6)4-14-19(16,17)8-3-9(11)10(12)13-5-8/h2-3,5,14H,4H2,1H3. The first-order valence-corrected chi connectivity index (χ1v) is 7.35. The number of pyridine rings is 1. The first kappa shape index (κ1) is 14.3. The van der Waals surface area contributed by atoms with Crippen LogP contribution in [0, 0.1) is 6.92 Å². The molecule has 0 aliphatic heterocycles. The fourth-order valence-electron chi connectivity index (χ4n) is 1.30. The lowest BCUT2D eigenvalue weighted by Gasteiger charge is -2.05. The number of hydrogen-bond acceptors (Lipinski definition) is 5. The highest BCUT2D eigenvalue weighted by Crippen LogP contribution is 2.22. The number of sulfonamides is 1. The van der Waals surface area contributed by atoms with E-state index in [0.717, 1.165) is 6.20 Å². The number of hydrogen-bond donors (Lipinski definition) is 1. The van der Waals surface area contributed by atoms with Gasteiger partial charge in [0.1, 0.15) is 10.0 Å². The summed E-state index contributed by atoms with van der Waals surface area (Å²) in [5, 5.41) is 3.77. The largest absolute Gasteiger partial charge is 0.360 e. The molecule has 2 aromatic rings. The lowest BCUT2D eigenvalue weighted by Crippen LogP contribution is -2.23. The maximum Gasteiger partial charge on any atom is 0.242 e. The van der Waals surface area contributed by atoms with Crippen LogP contribution < -0.4 is 4.72 Å². The maximum atomic E-state index is 12.0. The summed E-state index contributed by atoms with van der Waals surface area (Å²) in [4.78, 5) is 3.61. The van der Waals surface area contributed by atoms with Gasteiger partial charge in [0.2, 0.25) is 10.0 Å². The molecule has 0 atom stereocenters. The van der Waals surface area contributed by atoms with Crippen LogP contribution in [0.4, 0.5) is 0 Å². The number of rotatable bonds is 4. The van der Waals surface area contributed by atoms with Crippen molar-refractivity contribution in [2.45, 2.75) is 18.4 Å². The molecule has 1 N–H and O–H groups in total. The van der Waals surface area contributed by atoms with Crippen LogP contribution >= 0.6 is 23.2 Å². The Morgan fingerprint density at radius 2 is 2.11 bits per heavy atom. The molecular weight excluding hydrogens is 313 g/mol. The molecule has 0 radical (unpaired) electrons. The first-order valence-electron chi connectivity index (χ1n) is 5.11. The van der Waals surface area contributed by atoms with Gasteiger partial charge in [0.25, 0.3) is 0 Å². The Hall–Kier alpha value is -1.15. The minimum absolute atomic E-state index is 0.0105. The van der Waals surface area contributed by atoms with Gasteiger partial charge in [-0.25, -0.2) is 18.1 Å². The SMILES string of the molecule is Cc1cc(CNS(=O)(=O)c2cnc(Cl)c(Cl)c2)on1. The molecule has 0 aromatic carbocycles. The smallest absolute Gasteiger partial charge is 0.242 e. The quantitative estimate of drug-likeness (QED) is 0.872. The zero-order valence-corrected chi connectivity index (χ0v) is 12.1. The summed E-state index contributed by atoms with van der Waals surface area (Å²) in [7, 11) is -3.73. The van der Waals surface area contributed by atoms with Crippen molar-refractivity contribution in [3.63, 3.8) is 0 Å². The summed E-state index contributed by atoms with van der Waals surface area (Å²) in [6.07, 6.45) is 1.13. The van der Waals surface area contributed by atoms with E-state index in [1.807, 2.05) is 0 Å². The van der Waals surface area contributed by atoms with E-state index >= 15 is 0 Å². The lowest BCUT2D eigenvalue weighted by atomic mass is 10.4. The molecule has 0 bridgehead atoms. The molecule has 6 nitrogen and oxygen atoms in total. The normalized spacial score (nSPS) is 11.7. The summed E-state index contributed by atoms with van der Waals surface area (Å²) >= 11 is 11.4. The molecule has 0 amide bonds. The average molecular weight is 322 g/mol. The monoisotopic (exact) mass is 321 g/mol. The van der Waals surface area contributed by atoms with Crippen LogP contribution in [0.15, 0.2) is 27.7 Å². The minimum Gasteiger partial charge on any atom is -0.360 e. The molecule has 0 aliphatic rings. The number of nitrogens with zero attached hydrogens (tertiary/aromatic N) is 2. The van der Waals surface area contributed by atoms with Gasteiger partial charge in [-0.3, -0.25) is 0 Å². The third kappa shape index (κ3) is 3.44. The molecule has 0 fully saturated rings. The predicted molar refractivity (Wildman–Crippen MR) is 69.5 cm³/mol. The number of halogens is 2. The van der Waals surface area contributed by atoms with Crippen LogP contribution in [0.25, 0.3) is 0 Å². The molecule has 0 saturated carbocycles. The lowest BCUT2D eigenvalue weighted by molar-refractivity contribution is 0.377. The molecule has 0 aliphatic carbocycles. The van der Waals surface area contributed by atoms with Crippen LogP contribution in [0.3, 0.4) is 0 Å². The van der Waals surface area contributed by atoms with Crippen molar-refractivity contribution in [2.24, 2.45) is 0 Å².